The lowest BCUT2D eigenvalue weighted by Crippen LogP contribution is -2.13. The number of thioether (sulfide) groups is 1. The smallest absolute Gasteiger partial charge is 0.255 e. The fraction of sp³-hybridized carbons (Fsp3) is 0.100. The number of hydrogen-bond acceptors (Lipinski definition) is 6. The number of carbonyl (C=O) groups excluding carboxylic acids is 2. The molecule has 6 nitrogen and oxygen atoms in total. The summed E-state index contributed by atoms with van der Waals surface area (Å²) in [6.07, 6.45) is 0. The highest BCUT2D eigenvalue weighted by Crippen LogP contribution is 2.27. The lowest BCUT2D eigenvalue weighted by atomic mass is 10.1. The first-order chi connectivity index (χ1) is 18.6. The van der Waals surface area contributed by atoms with Gasteiger partial charge in [-0.05, 0) is 78.4 Å². The van der Waals surface area contributed by atoms with Gasteiger partial charge in [-0.2, -0.15) is 0 Å². The molecule has 0 saturated heterocycles. The lowest BCUT2D eigenvalue weighted by Gasteiger charge is -2.08. The summed E-state index contributed by atoms with van der Waals surface area (Å²) in [5.74, 6) is 0.776. The van der Waals surface area contributed by atoms with Gasteiger partial charge in [-0.25, -0.2) is 4.98 Å². The number of aromatic nitrogens is 1. The third-order valence-electron chi connectivity index (χ3n) is 5.71. The zero-order valence-electron chi connectivity index (χ0n) is 20.6. The largest absolute Gasteiger partial charge is 0.494 e. The Labute approximate surface area is 229 Å². The summed E-state index contributed by atoms with van der Waals surface area (Å²) >= 11 is 2.81. The molecule has 0 aliphatic rings. The first-order valence-electron chi connectivity index (χ1n) is 12.1. The van der Waals surface area contributed by atoms with E-state index in [0.29, 0.717) is 23.0 Å². The van der Waals surface area contributed by atoms with Crippen molar-refractivity contribution in [2.45, 2.75) is 11.8 Å². The van der Waals surface area contributed by atoms with Gasteiger partial charge in [0.25, 0.3) is 5.91 Å². The van der Waals surface area contributed by atoms with E-state index in [1.165, 1.54) is 23.1 Å². The van der Waals surface area contributed by atoms with Crippen molar-refractivity contribution in [3.8, 4) is 17.0 Å². The molecule has 0 atom stereocenters. The summed E-state index contributed by atoms with van der Waals surface area (Å²) in [4.78, 5) is 30.6. The highest BCUT2D eigenvalue weighted by molar-refractivity contribution is 8.00. The quantitative estimate of drug-likeness (QED) is 0.192. The molecule has 0 aliphatic heterocycles. The van der Waals surface area contributed by atoms with Gasteiger partial charge in [-0.15, -0.1) is 23.1 Å². The molecule has 5 aromatic rings. The van der Waals surface area contributed by atoms with E-state index in [0.717, 1.165) is 32.7 Å². The molecule has 0 aliphatic carbocycles. The van der Waals surface area contributed by atoms with Gasteiger partial charge in [-0.3, -0.25) is 9.59 Å². The third-order valence-corrected chi connectivity index (χ3v) is 7.48. The summed E-state index contributed by atoms with van der Waals surface area (Å²) in [6, 6.07) is 28.8. The second-order valence-electron chi connectivity index (χ2n) is 8.37. The number of nitrogens with one attached hydrogen (secondary N) is 2. The summed E-state index contributed by atoms with van der Waals surface area (Å²) < 4.78 is 5.48. The van der Waals surface area contributed by atoms with Gasteiger partial charge in [0.1, 0.15) is 5.75 Å². The normalized spacial score (nSPS) is 10.8. The van der Waals surface area contributed by atoms with Crippen LogP contribution in [0.4, 0.5) is 10.8 Å². The molecular weight excluding hydrogens is 514 g/mol. The van der Waals surface area contributed by atoms with Crippen molar-refractivity contribution >= 4 is 56.5 Å². The number of nitrogens with zero attached hydrogens (tertiary/aromatic N) is 1. The summed E-state index contributed by atoms with van der Waals surface area (Å²) in [5, 5.41) is 10.4. The fourth-order valence-corrected chi connectivity index (χ4v) is 5.26. The minimum absolute atomic E-state index is 0.128. The van der Waals surface area contributed by atoms with E-state index >= 15 is 0 Å². The molecule has 0 radical (unpaired) electrons. The van der Waals surface area contributed by atoms with Crippen LogP contribution in [0.1, 0.15) is 17.3 Å². The Morgan fingerprint density at radius 2 is 1.66 bits per heavy atom. The highest BCUT2D eigenvalue weighted by atomic mass is 32.2. The van der Waals surface area contributed by atoms with Crippen LogP contribution in [0, 0.1) is 0 Å². The van der Waals surface area contributed by atoms with Crippen LogP contribution in [0.5, 0.6) is 5.75 Å². The summed E-state index contributed by atoms with van der Waals surface area (Å²) in [5.41, 5.74) is 3.07. The molecule has 38 heavy (non-hydrogen) atoms. The van der Waals surface area contributed by atoms with Crippen molar-refractivity contribution in [1.29, 1.82) is 0 Å². The zero-order chi connectivity index (χ0) is 26.3. The van der Waals surface area contributed by atoms with Crippen LogP contribution in [0.25, 0.3) is 22.0 Å². The summed E-state index contributed by atoms with van der Waals surface area (Å²) in [6.45, 7) is 2.57. The van der Waals surface area contributed by atoms with Gasteiger partial charge >= 0.3 is 0 Å². The molecule has 2 amide bonds. The Morgan fingerprint density at radius 1 is 0.895 bits per heavy atom. The topological polar surface area (TPSA) is 80.3 Å². The molecule has 0 unspecified atom stereocenters. The second kappa shape index (κ2) is 11.9. The van der Waals surface area contributed by atoms with E-state index in [4.69, 9.17) is 4.74 Å². The van der Waals surface area contributed by atoms with E-state index < -0.39 is 0 Å². The first kappa shape index (κ1) is 25.5. The van der Waals surface area contributed by atoms with E-state index in [9.17, 15) is 9.59 Å². The molecule has 0 spiro atoms. The average molecular weight is 540 g/mol. The molecule has 4 aromatic carbocycles. The van der Waals surface area contributed by atoms with Gasteiger partial charge in [0.05, 0.1) is 18.1 Å². The number of carbonyl (C=O) groups is 2. The number of benzene rings is 4. The van der Waals surface area contributed by atoms with E-state index in [-0.39, 0.29) is 17.6 Å². The van der Waals surface area contributed by atoms with Crippen molar-refractivity contribution in [3.05, 3.63) is 102 Å². The number of amides is 2. The Balaban J connectivity index is 1.11. The molecule has 8 heteroatoms. The SMILES string of the molecule is CCOc1ccc(-c2csc(NC(=O)CSc3ccc(NC(=O)c4ccc5ccccc5c4)cc3)n2)cc1. The van der Waals surface area contributed by atoms with Crippen LogP contribution in [-0.2, 0) is 4.79 Å². The van der Waals surface area contributed by atoms with E-state index in [2.05, 4.69) is 15.6 Å². The molecular formula is C30H25N3O3S2. The number of thiazole rings is 1. The van der Waals surface area contributed by atoms with Crippen LogP contribution in [0.2, 0.25) is 0 Å². The van der Waals surface area contributed by atoms with Crippen LogP contribution >= 0.6 is 23.1 Å². The van der Waals surface area contributed by atoms with Crippen LogP contribution in [0.15, 0.2) is 101 Å². The maximum Gasteiger partial charge on any atom is 0.255 e. The van der Waals surface area contributed by atoms with Crippen LogP contribution in [0.3, 0.4) is 0 Å². The molecule has 1 heterocycles. The number of hydrogen-bond donors (Lipinski definition) is 2. The Bertz CT molecular complexity index is 1560. The molecule has 0 fully saturated rings. The Hall–Kier alpha value is -4.14. The molecule has 1 aromatic heterocycles. The molecule has 5 rings (SSSR count). The predicted molar refractivity (Wildman–Crippen MR) is 156 cm³/mol. The Kier molecular flexibility index (Phi) is 8.01. The van der Waals surface area contributed by atoms with Gasteiger partial charge in [0.2, 0.25) is 5.91 Å². The fourth-order valence-electron chi connectivity index (χ4n) is 3.82. The highest BCUT2D eigenvalue weighted by Gasteiger charge is 2.10. The second-order valence-corrected chi connectivity index (χ2v) is 10.3. The third kappa shape index (κ3) is 6.40. The average Bonchev–Trinajstić information content (AvgIpc) is 3.41. The molecule has 0 saturated carbocycles. The maximum absolute atomic E-state index is 12.7. The van der Waals surface area contributed by atoms with Crippen molar-refractivity contribution in [3.63, 3.8) is 0 Å². The lowest BCUT2D eigenvalue weighted by molar-refractivity contribution is -0.113. The number of ether oxygens (including phenoxy) is 1. The summed E-state index contributed by atoms with van der Waals surface area (Å²) in [7, 11) is 0. The maximum atomic E-state index is 12.7. The molecule has 190 valence electrons. The van der Waals surface area contributed by atoms with E-state index in [1.807, 2.05) is 103 Å². The minimum Gasteiger partial charge on any atom is -0.494 e. The molecule has 2 N–H and O–H groups in total. The standard InChI is InChI=1S/C30H25N3O3S2/c1-2-36-25-13-9-21(10-14-25)27-18-38-30(32-27)33-28(34)19-37-26-15-11-24(12-16-26)31-29(35)23-8-7-20-5-3-4-6-22(20)17-23/h3-18H,2,19H2,1H3,(H,31,35)(H,32,33,34). The van der Waals surface area contributed by atoms with Crippen LogP contribution < -0.4 is 15.4 Å². The van der Waals surface area contributed by atoms with E-state index in [1.54, 1.807) is 0 Å². The van der Waals surface area contributed by atoms with Crippen molar-refractivity contribution in [1.82, 2.24) is 4.98 Å². The van der Waals surface area contributed by atoms with Crippen molar-refractivity contribution in [2.24, 2.45) is 0 Å². The van der Waals surface area contributed by atoms with Crippen LogP contribution in [-0.4, -0.2) is 29.2 Å². The monoisotopic (exact) mass is 539 g/mol. The number of fused-ring (bicyclic) bond motifs is 1. The number of anilines is 2. The van der Waals surface area contributed by atoms with Gasteiger partial charge < -0.3 is 15.4 Å². The number of rotatable bonds is 9. The van der Waals surface area contributed by atoms with Gasteiger partial charge in [0, 0.05) is 27.1 Å². The van der Waals surface area contributed by atoms with Gasteiger partial charge in [-0.1, -0.05) is 30.3 Å². The minimum atomic E-state index is -0.163. The first-order valence-corrected chi connectivity index (χ1v) is 14.0. The van der Waals surface area contributed by atoms with Crippen molar-refractivity contribution < 1.29 is 14.3 Å². The molecule has 0 bridgehead atoms. The van der Waals surface area contributed by atoms with Crippen molar-refractivity contribution in [2.75, 3.05) is 23.0 Å². The zero-order valence-corrected chi connectivity index (χ0v) is 22.3. The Morgan fingerprint density at radius 3 is 2.42 bits per heavy atom. The predicted octanol–water partition coefficient (Wildman–Crippen LogP) is 7.35. The van der Waals surface area contributed by atoms with Gasteiger partial charge in [0.15, 0.2) is 5.13 Å².